The second-order valence-electron chi connectivity index (χ2n) is 7.24. The van der Waals surface area contributed by atoms with Gasteiger partial charge in [0.1, 0.15) is 0 Å². The molecule has 1 aliphatic heterocycles. The van der Waals surface area contributed by atoms with Crippen molar-refractivity contribution in [3.63, 3.8) is 0 Å². The second-order valence-corrected chi connectivity index (χ2v) is 7.24. The van der Waals surface area contributed by atoms with Crippen LogP contribution in [0.1, 0.15) is 51.7 Å². The maximum Gasteiger partial charge on any atom is 0.0890 e. The Morgan fingerprint density at radius 1 is 1.23 bits per heavy atom. The van der Waals surface area contributed by atoms with Crippen molar-refractivity contribution in [2.45, 2.75) is 46.1 Å². The van der Waals surface area contributed by atoms with Crippen molar-refractivity contribution in [3.05, 3.63) is 59.2 Å². The number of ether oxygens (including phenoxy) is 1. The molecule has 4 atom stereocenters. The molecule has 1 saturated carbocycles. The molecule has 1 aromatic rings. The van der Waals surface area contributed by atoms with E-state index in [0.717, 1.165) is 24.9 Å². The molecule has 0 N–H and O–H groups in total. The first-order valence-electron chi connectivity index (χ1n) is 8.64. The normalized spacial score (nSPS) is 32.8. The number of benzene rings is 1. The van der Waals surface area contributed by atoms with Gasteiger partial charge in [0.2, 0.25) is 0 Å². The number of hydrogen-bond acceptors (Lipinski definition) is 1. The fourth-order valence-corrected chi connectivity index (χ4v) is 3.95. The predicted molar refractivity (Wildman–Crippen MR) is 92.6 cm³/mol. The van der Waals surface area contributed by atoms with Gasteiger partial charge in [0, 0.05) is 5.92 Å². The molecule has 0 unspecified atom stereocenters. The van der Waals surface area contributed by atoms with Gasteiger partial charge in [-0.2, -0.15) is 0 Å². The van der Waals surface area contributed by atoms with Crippen molar-refractivity contribution in [3.8, 4) is 0 Å². The molecule has 22 heavy (non-hydrogen) atoms. The molecule has 1 nitrogen and oxygen atoms in total. The van der Waals surface area contributed by atoms with E-state index in [1.54, 1.807) is 5.57 Å². The second kappa shape index (κ2) is 6.83. The fraction of sp³-hybridized carbons (Fsp3) is 0.524. The molecular formula is C21H28O. The Morgan fingerprint density at radius 3 is 2.73 bits per heavy atom. The van der Waals surface area contributed by atoms with Crippen molar-refractivity contribution >= 4 is 0 Å². The summed E-state index contributed by atoms with van der Waals surface area (Å²) in [6.45, 7) is 7.67. The van der Waals surface area contributed by atoms with Crippen LogP contribution in [-0.4, -0.2) is 6.61 Å². The van der Waals surface area contributed by atoms with E-state index in [9.17, 15) is 0 Å². The Labute approximate surface area is 135 Å². The summed E-state index contributed by atoms with van der Waals surface area (Å²) in [6, 6.07) is 10.8. The van der Waals surface area contributed by atoms with Crippen LogP contribution in [0.25, 0.3) is 0 Å². The third kappa shape index (κ3) is 3.35. The minimum Gasteiger partial charge on any atom is -0.373 e. The third-order valence-corrected chi connectivity index (χ3v) is 5.28. The zero-order valence-corrected chi connectivity index (χ0v) is 14.1. The monoisotopic (exact) mass is 296 g/mol. The molecule has 1 aromatic carbocycles. The largest absolute Gasteiger partial charge is 0.373 e. The maximum absolute atomic E-state index is 6.30. The van der Waals surface area contributed by atoms with E-state index in [2.05, 4.69) is 63.3 Å². The standard InChI is InChI=1S/C21H28O/c1-15(2)8-7-11-18-12-16(3)19-13-20(18)21(22-14-19)17-9-5-4-6-10-17/h4-6,8-11,16,19-21H,7,12-14H2,1-3H3/t16-,19-,20+,21-/m1/s1. The zero-order valence-electron chi connectivity index (χ0n) is 14.1. The van der Waals surface area contributed by atoms with Gasteiger partial charge >= 0.3 is 0 Å². The van der Waals surface area contributed by atoms with E-state index in [1.807, 2.05) is 0 Å². The Balaban J connectivity index is 1.84. The van der Waals surface area contributed by atoms with Crippen LogP contribution >= 0.6 is 0 Å². The fourth-order valence-electron chi connectivity index (χ4n) is 3.95. The lowest BCUT2D eigenvalue weighted by molar-refractivity contribution is -0.0746. The van der Waals surface area contributed by atoms with Crippen LogP contribution in [0.2, 0.25) is 0 Å². The van der Waals surface area contributed by atoms with Gasteiger partial charge in [0.15, 0.2) is 0 Å². The van der Waals surface area contributed by atoms with E-state index in [-0.39, 0.29) is 6.10 Å². The molecule has 0 aromatic heterocycles. The van der Waals surface area contributed by atoms with Gasteiger partial charge < -0.3 is 4.74 Å². The van der Waals surface area contributed by atoms with Crippen molar-refractivity contribution in [1.82, 2.24) is 0 Å². The molecule has 2 fully saturated rings. The third-order valence-electron chi connectivity index (χ3n) is 5.28. The Kier molecular flexibility index (Phi) is 4.83. The molecule has 1 aliphatic carbocycles. The van der Waals surface area contributed by atoms with Gasteiger partial charge in [0.25, 0.3) is 0 Å². The molecule has 1 saturated heterocycles. The molecule has 2 bridgehead atoms. The Bertz CT molecular complexity index is 551. The predicted octanol–water partition coefficient (Wildman–Crippen LogP) is 5.70. The van der Waals surface area contributed by atoms with Gasteiger partial charge in [-0.15, -0.1) is 0 Å². The summed E-state index contributed by atoms with van der Waals surface area (Å²) in [5.74, 6) is 2.07. The summed E-state index contributed by atoms with van der Waals surface area (Å²) in [7, 11) is 0. The van der Waals surface area contributed by atoms with Crippen LogP contribution in [0.4, 0.5) is 0 Å². The van der Waals surface area contributed by atoms with Gasteiger partial charge in [-0.05, 0) is 50.5 Å². The summed E-state index contributed by atoms with van der Waals surface area (Å²) in [5.41, 5.74) is 4.36. The number of hydrogen-bond donors (Lipinski definition) is 0. The molecule has 118 valence electrons. The lowest BCUT2D eigenvalue weighted by Gasteiger charge is -2.45. The molecule has 0 radical (unpaired) electrons. The molecule has 1 heteroatoms. The highest BCUT2D eigenvalue weighted by atomic mass is 16.5. The van der Waals surface area contributed by atoms with Crippen molar-refractivity contribution in [2.75, 3.05) is 6.61 Å². The van der Waals surface area contributed by atoms with Crippen LogP contribution in [-0.2, 0) is 4.74 Å². The van der Waals surface area contributed by atoms with Crippen LogP contribution in [0.3, 0.4) is 0 Å². The smallest absolute Gasteiger partial charge is 0.0890 e. The van der Waals surface area contributed by atoms with Crippen LogP contribution in [0.5, 0.6) is 0 Å². The van der Waals surface area contributed by atoms with Gasteiger partial charge in [-0.1, -0.05) is 60.6 Å². The molecule has 2 aliphatic rings. The van der Waals surface area contributed by atoms with E-state index >= 15 is 0 Å². The zero-order chi connectivity index (χ0) is 15.5. The summed E-state index contributed by atoms with van der Waals surface area (Å²) in [4.78, 5) is 0. The molecule has 3 rings (SSSR count). The summed E-state index contributed by atoms with van der Waals surface area (Å²) in [6.07, 6.45) is 8.65. The Morgan fingerprint density at radius 2 is 2.00 bits per heavy atom. The Hall–Kier alpha value is -1.34. The minimum absolute atomic E-state index is 0.253. The van der Waals surface area contributed by atoms with Gasteiger partial charge in [-0.25, -0.2) is 0 Å². The first-order chi connectivity index (χ1) is 10.6. The number of allylic oxidation sites excluding steroid dienone is 3. The highest BCUT2D eigenvalue weighted by Crippen LogP contribution is 2.48. The van der Waals surface area contributed by atoms with Crippen LogP contribution < -0.4 is 0 Å². The maximum atomic E-state index is 6.30. The lowest BCUT2D eigenvalue weighted by atomic mass is 9.67. The summed E-state index contributed by atoms with van der Waals surface area (Å²) >= 11 is 0. The van der Waals surface area contributed by atoms with E-state index in [1.165, 1.54) is 24.0 Å². The highest BCUT2D eigenvalue weighted by Gasteiger charge is 2.40. The first-order valence-corrected chi connectivity index (χ1v) is 8.64. The molecular weight excluding hydrogens is 268 g/mol. The van der Waals surface area contributed by atoms with Crippen molar-refractivity contribution in [2.24, 2.45) is 17.8 Å². The molecule has 0 amide bonds. The van der Waals surface area contributed by atoms with Gasteiger partial charge in [0.05, 0.1) is 12.7 Å². The number of fused-ring (bicyclic) bond motifs is 2. The minimum atomic E-state index is 0.253. The van der Waals surface area contributed by atoms with Crippen LogP contribution in [0, 0.1) is 17.8 Å². The lowest BCUT2D eigenvalue weighted by Crippen LogP contribution is -2.38. The molecule has 1 heterocycles. The van der Waals surface area contributed by atoms with E-state index < -0.39 is 0 Å². The summed E-state index contributed by atoms with van der Waals surface area (Å²) in [5, 5.41) is 0. The SMILES string of the molecule is CC(C)=CCC=C1C[C@@H](C)[C@H]2CO[C@H](c3ccccc3)[C@H]1C2. The molecule has 0 spiro atoms. The first kappa shape index (κ1) is 15.6. The highest BCUT2D eigenvalue weighted by molar-refractivity contribution is 5.25. The van der Waals surface area contributed by atoms with E-state index in [4.69, 9.17) is 4.74 Å². The number of rotatable bonds is 3. The van der Waals surface area contributed by atoms with E-state index in [0.29, 0.717) is 5.92 Å². The summed E-state index contributed by atoms with van der Waals surface area (Å²) < 4.78 is 6.30. The van der Waals surface area contributed by atoms with Crippen molar-refractivity contribution in [1.29, 1.82) is 0 Å². The van der Waals surface area contributed by atoms with Gasteiger partial charge in [-0.3, -0.25) is 0 Å². The van der Waals surface area contributed by atoms with Crippen molar-refractivity contribution < 1.29 is 4.74 Å². The van der Waals surface area contributed by atoms with Crippen LogP contribution in [0.15, 0.2) is 53.6 Å². The quantitative estimate of drug-likeness (QED) is 0.650. The average Bonchev–Trinajstić information content (AvgIpc) is 2.53. The topological polar surface area (TPSA) is 9.23 Å². The average molecular weight is 296 g/mol.